The van der Waals surface area contributed by atoms with Crippen LogP contribution < -0.4 is 9.64 Å². The van der Waals surface area contributed by atoms with Crippen molar-refractivity contribution >= 4 is 22.4 Å². The first-order valence-corrected chi connectivity index (χ1v) is 10.0. The van der Waals surface area contributed by atoms with Crippen molar-refractivity contribution in [3.05, 3.63) is 78.2 Å². The van der Waals surface area contributed by atoms with Crippen molar-refractivity contribution in [3.8, 4) is 17.1 Å². The Morgan fingerprint density at radius 3 is 2.70 bits per heavy atom. The molecule has 1 aliphatic rings. The number of nitrogens with one attached hydrogen (secondary N) is 1. The Hall–Kier alpha value is -3.80. The van der Waals surface area contributed by atoms with Gasteiger partial charge >= 0.3 is 0 Å². The van der Waals surface area contributed by atoms with Gasteiger partial charge in [-0.15, -0.1) is 0 Å². The number of fused-ring (bicyclic) bond motifs is 4. The molecule has 0 spiro atoms. The third-order valence-corrected chi connectivity index (χ3v) is 6.04. The summed E-state index contributed by atoms with van der Waals surface area (Å²) in [6.45, 7) is 0.911. The first kappa shape index (κ1) is 17.1. The van der Waals surface area contributed by atoms with E-state index in [4.69, 9.17) is 4.74 Å². The zero-order chi connectivity index (χ0) is 20.2. The number of nitrogens with zero attached hydrogens (tertiary/aromatic N) is 4. The minimum Gasteiger partial charge on any atom is -0.497 e. The van der Waals surface area contributed by atoms with E-state index in [9.17, 15) is 0 Å². The summed E-state index contributed by atoms with van der Waals surface area (Å²) in [6.07, 6.45) is 3.75. The minimum absolute atomic E-state index is 0.230. The Balaban J connectivity index is 1.54. The van der Waals surface area contributed by atoms with E-state index < -0.39 is 0 Å². The average molecular weight is 395 g/mol. The summed E-state index contributed by atoms with van der Waals surface area (Å²) in [6, 6.07) is 18.8. The molecule has 0 fully saturated rings. The number of aromatic amines is 1. The Kier molecular flexibility index (Phi) is 3.62. The van der Waals surface area contributed by atoms with Crippen LogP contribution in [0.1, 0.15) is 17.2 Å². The van der Waals surface area contributed by atoms with Crippen molar-refractivity contribution in [2.45, 2.75) is 5.92 Å². The lowest BCUT2D eigenvalue weighted by Crippen LogP contribution is -2.15. The van der Waals surface area contributed by atoms with Gasteiger partial charge in [0.05, 0.1) is 30.5 Å². The van der Waals surface area contributed by atoms with Crippen LogP contribution in [-0.2, 0) is 0 Å². The number of imidazole rings is 1. The van der Waals surface area contributed by atoms with Crippen LogP contribution in [0.4, 0.5) is 5.69 Å². The molecule has 0 bridgehead atoms. The van der Waals surface area contributed by atoms with Crippen LogP contribution in [-0.4, -0.2) is 40.1 Å². The number of hydrogen-bond donors (Lipinski definition) is 1. The highest BCUT2D eigenvalue weighted by Crippen LogP contribution is 2.41. The van der Waals surface area contributed by atoms with Crippen molar-refractivity contribution in [3.63, 3.8) is 0 Å². The number of likely N-dealkylation sites (N-methyl/N-ethyl adjacent to an activating group) is 1. The third kappa shape index (κ3) is 2.43. The standard InChI is InChI=1S/C24H21N5O/c1-28-14-19(18-10-17(30-2)8-9-21(18)28)20-11-22-23(27-20)25-12-16-13-26-24(29(16)22)15-6-4-3-5-7-15/h3-13,19,27H,14H2,1-2H3. The second-order valence-electron chi connectivity index (χ2n) is 7.78. The van der Waals surface area contributed by atoms with Crippen LogP contribution >= 0.6 is 0 Å². The van der Waals surface area contributed by atoms with Crippen LogP contribution in [0.15, 0.2) is 67.0 Å². The van der Waals surface area contributed by atoms with Crippen molar-refractivity contribution < 1.29 is 4.74 Å². The number of anilines is 1. The zero-order valence-corrected chi connectivity index (χ0v) is 16.8. The summed E-state index contributed by atoms with van der Waals surface area (Å²) in [4.78, 5) is 15.2. The number of aromatic nitrogens is 4. The van der Waals surface area contributed by atoms with E-state index in [1.807, 2.05) is 36.7 Å². The Morgan fingerprint density at radius 1 is 1.03 bits per heavy atom. The molecule has 1 N–H and O–H groups in total. The topological polar surface area (TPSA) is 58.5 Å². The lowest BCUT2D eigenvalue weighted by Gasteiger charge is -2.11. The molecule has 148 valence electrons. The number of rotatable bonds is 3. The van der Waals surface area contributed by atoms with Crippen molar-refractivity contribution in [2.75, 3.05) is 25.6 Å². The van der Waals surface area contributed by atoms with Gasteiger partial charge in [0, 0.05) is 36.5 Å². The average Bonchev–Trinajstić information content (AvgIpc) is 3.48. The first-order valence-electron chi connectivity index (χ1n) is 10.0. The lowest BCUT2D eigenvalue weighted by molar-refractivity contribution is 0.414. The quantitative estimate of drug-likeness (QED) is 0.490. The van der Waals surface area contributed by atoms with Gasteiger partial charge in [0.25, 0.3) is 0 Å². The van der Waals surface area contributed by atoms with Gasteiger partial charge in [0.2, 0.25) is 0 Å². The van der Waals surface area contributed by atoms with Crippen molar-refractivity contribution in [2.24, 2.45) is 0 Å². The van der Waals surface area contributed by atoms with Gasteiger partial charge in [0.1, 0.15) is 11.6 Å². The molecule has 6 heteroatoms. The van der Waals surface area contributed by atoms with Gasteiger partial charge in [-0.05, 0) is 29.8 Å². The number of hydrogen-bond acceptors (Lipinski definition) is 4. The van der Waals surface area contributed by atoms with Crippen LogP contribution in [0.2, 0.25) is 0 Å². The molecular formula is C24H21N5O. The number of H-pyrrole nitrogens is 1. The maximum Gasteiger partial charge on any atom is 0.154 e. The molecule has 1 atom stereocenters. The zero-order valence-electron chi connectivity index (χ0n) is 16.8. The molecule has 3 aromatic heterocycles. The summed E-state index contributed by atoms with van der Waals surface area (Å²) < 4.78 is 7.66. The number of ether oxygens (including phenoxy) is 1. The fourth-order valence-corrected chi connectivity index (χ4v) is 4.56. The molecule has 0 saturated heterocycles. The van der Waals surface area contributed by atoms with Gasteiger partial charge in [0.15, 0.2) is 5.65 Å². The molecule has 6 nitrogen and oxygen atoms in total. The van der Waals surface area contributed by atoms with E-state index in [2.05, 4.69) is 61.6 Å². The Labute approximate surface area is 173 Å². The van der Waals surface area contributed by atoms with E-state index in [0.717, 1.165) is 46.1 Å². The van der Waals surface area contributed by atoms with Gasteiger partial charge in [-0.25, -0.2) is 9.97 Å². The van der Waals surface area contributed by atoms with Gasteiger partial charge in [-0.3, -0.25) is 4.40 Å². The molecule has 2 aromatic carbocycles. The van der Waals surface area contributed by atoms with Gasteiger partial charge < -0.3 is 14.6 Å². The SMILES string of the molecule is COc1ccc2c(c1)C(c1cc3c(ncc4cnc(-c5ccccc5)n43)[nH]1)CN2C. The van der Waals surface area contributed by atoms with Crippen LogP contribution in [0.5, 0.6) is 5.75 Å². The van der Waals surface area contributed by atoms with Crippen LogP contribution in [0, 0.1) is 0 Å². The highest BCUT2D eigenvalue weighted by molar-refractivity contribution is 5.80. The van der Waals surface area contributed by atoms with Crippen molar-refractivity contribution in [1.29, 1.82) is 0 Å². The summed E-state index contributed by atoms with van der Waals surface area (Å²) >= 11 is 0. The normalized spacial score (nSPS) is 15.8. The van der Waals surface area contributed by atoms with Crippen LogP contribution in [0.3, 0.4) is 0 Å². The molecule has 0 amide bonds. The predicted molar refractivity (Wildman–Crippen MR) is 118 cm³/mol. The molecule has 4 heterocycles. The molecule has 30 heavy (non-hydrogen) atoms. The predicted octanol–water partition coefficient (Wildman–Crippen LogP) is 4.47. The van der Waals surface area contributed by atoms with E-state index in [-0.39, 0.29) is 5.92 Å². The maximum atomic E-state index is 5.48. The summed E-state index contributed by atoms with van der Waals surface area (Å²) in [5.41, 5.74) is 7.64. The summed E-state index contributed by atoms with van der Waals surface area (Å²) in [7, 11) is 3.84. The summed E-state index contributed by atoms with van der Waals surface area (Å²) in [5, 5.41) is 0. The molecule has 0 radical (unpaired) electrons. The Bertz CT molecular complexity index is 1390. The fourth-order valence-electron chi connectivity index (χ4n) is 4.56. The first-order chi connectivity index (χ1) is 14.7. The monoisotopic (exact) mass is 395 g/mol. The van der Waals surface area contributed by atoms with E-state index in [1.54, 1.807) is 7.11 Å². The number of methoxy groups -OCH3 is 1. The van der Waals surface area contributed by atoms with Gasteiger partial charge in [-0.1, -0.05) is 30.3 Å². The largest absolute Gasteiger partial charge is 0.497 e. The second-order valence-corrected chi connectivity index (χ2v) is 7.78. The second kappa shape index (κ2) is 6.35. The van der Waals surface area contributed by atoms with Crippen molar-refractivity contribution in [1.82, 2.24) is 19.4 Å². The number of benzene rings is 2. The lowest BCUT2D eigenvalue weighted by atomic mass is 9.98. The molecule has 5 aromatic rings. The van der Waals surface area contributed by atoms with Gasteiger partial charge in [-0.2, -0.15) is 0 Å². The van der Waals surface area contributed by atoms with E-state index in [1.165, 1.54) is 11.3 Å². The highest BCUT2D eigenvalue weighted by atomic mass is 16.5. The van der Waals surface area contributed by atoms with E-state index >= 15 is 0 Å². The molecular weight excluding hydrogens is 374 g/mol. The molecule has 0 saturated carbocycles. The Morgan fingerprint density at radius 2 is 1.87 bits per heavy atom. The minimum atomic E-state index is 0.230. The maximum absolute atomic E-state index is 5.48. The van der Waals surface area contributed by atoms with E-state index in [0.29, 0.717) is 0 Å². The summed E-state index contributed by atoms with van der Waals surface area (Å²) in [5.74, 6) is 2.04. The fraction of sp³-hybridized carbons (Fsp3) is 0.167. The molecule has 6 rings (SSSR count). The smallest absolute Gasteiger partial charge is 0.154 e. The molecule has 1 unspecified atom stereocenters. The molecule has 0 aliphatic carbocycles. The molecule has 1 aliphatic heterocycles. The third-order valence-electron chi connectivity index (χ3n) is 6.04. The highest BCUT2D eigenvalue weighted by Gasteiger charge is 2.30. The van der Waals surface area contributed by atoms with Crippen LogP contribution in [0.25, 0.3) is 28.1 Å².